The van der Waals surface area contributed by atoms with Crippen molar-refractivity contribution in [2.45, 2.75) is 40.2 Å². The molecule has 1 aromatic rings. The zero-order valence-corrected chi connectivity index (χ0v) is 13.2. The van der Waals surface area contributed by atoms with Crippen molar-refractivity contribution >= 4 is 0 Å². The molecule has 1 saturated heterocycles. The number of nitrogens with zero attached hydrogens (tertiary/aromatic N) is 2. The molecule has 1 N–H and O–H groups in total. The minimum Gasteiger partial charge on any atom is -0.316 e. The Labute approximate surface area is 123 Å². The predicted molar refractivity (Wildman–Crippen MR) is 84.6 cm³/mol. The van der Waals surface area contributed by atoms with E-state index in [2.05, 4.69) is 48.1 Å². The summed E-state index contributed by atoms with van der Waals surface area (Å²) >= 11 is 0. The van der Waals surface area contributed by atoms with Gasteiger partial charge in [-0.2, -0.15) is 0 Å². The fraction of sp³-hybridized carbons (Fsp3) is 0.706. The molecular formula is C17H29N3. The van der Waals surface area contributed by atoms with Crippen LogP contribution in [0, 0.1) is 11.3 Å². The number of rotatable bonds is 6. The van der Waals surface area contributed by atoms with Crippen LogP contribution in [0.5, 0.6) is 0 Å². The molecule has 0 aromatic carbocycles. The van der Waals surface area contributed by atoms with E-state index in [0.717, 1.165) is 25.6 Å². The monoisotopic (exact) mass is 275 g/mol. The second-order valence-corrected chi connectivity index (χ2v) is 6.66. The van der Waals surface area contributed by atoms with Crippen LogP contribution in [0.2, 0.25) is 0 Å². The first-order chi connectivity index (χ1) is 9.62. The lowest BCUT2D eigenvalue weighted by molar-refractivity contribution is 0.0986. The standard InChI is InChI=1S/C17H29N3/c1-4-20(13-16-9-5-6-11-19-16)14-17(2,3)15-8-7-10-18-12-15/h5-6,9,11,15,18H,4,7-8,10,12-14H2,1-3H3. The molecule has 0 bridgehead atoms. The summed E-state index contributed by atoms with van der Waals surface area (Å²) in [4.78, 5) is 6.98. The lowest BCUT2D eigenvalue weighted by atomic mass is 9.74. The Bertz CT molecular complexity index is 382. The SMILES string of the molecule is CCN(Cc1ccccn1)CC(C)(C)C1CCCNC1. The Balaban J connectivity index is 1.94. The van der Waals surface area contributed by atoms with Gasteiger partial charge in [0.2, 0.25) is 0 Å². The van der Waals surface area contributed by atoms with Crippen LogP contribution in [0.15, 0.2) is 24.4 Å². The maximum Gasteiger partial charge on any atom is 0.0543 e. The van der Waals surface area contributed by atoms with Gasteiger partial charge in [0, 0.05) is 19.3 Å². The number of hydrogen-bond donors (Lipinski definition) is 1. The third-order valence-corrected chi connectivity index (χ3v) is 4.59. The van der Waals surface area contributed by atoms with Crippen molar-refractivity contribution < 1.29 is 0 Å². The fourth-order valence-electron chi connectivity index (χ4n) is 3.22. The van der Waals surface area contributed by atoms with Gasteiger partial charge in [0.1, 0.15) is 0 Å². The Hall–Kier alpha value is -0.930. The number of piperidine rings is 1. The summed E-state index contributed by atoms with van der Waals surface area (Å²) in [7, 11) is 0. The van der Waals surface area contributed by atoms with E-state index in [4.69, 9.17) is 0 Å². The van der Waals surface area contributed by atoms with Crippen molar-refractivity contribution in [2.24, 2.45) is 11.3 Å². The van der Waals surface area contributed by atoms with E-state index < -0.39 is 0 Å². The predicted octanol–water partition coefficient (Wildman–Crippen LogP) is 2.93. The van der Waals surface area contributed by atoms with Crippen LogP contribution in [-0.2, 0) is 6.54 Å². The molecule has 1 fully saturated rings. The van der Waals surface area contributed by atoms with Crippen LogP contribution in [0.3, 0.4) is 0 Å². The van der Waals surface area contributed by atoms with E-state index in [1.807, 2.05) is 12.3 Å². The Morgan fingerprint density at radius 3 is 2.85 bits per heavy atom. The molecule has 3 nitrogen and oxygen atoms in total. The van der Waals surface area contributed by atoms with Crippen LogP contribution >= 0.6 is 0 Å². The minimum atomic E-state index is 0.359. The normalized spacial score (nSPS) is 20.3. The van der Waals surface area contributed by atoms with Crippen molar-refractivity contribution in [1.29, 1.82) is 0 Å². The summed E-state index contributed by atoms with van der Waals surface area (Å²) in [5.41, 5.74) is 1.53. The zero-order chi connectivity index (χ0) is 14.4. The largest absolute Gasteiger partial charge is 0.316 e. The quantitative estimate of drug-likeness (QED) is 0.865. The maximum absolute atomic E-state index is 4.46. The van der Waals surface area contributed by atoms with Crippen LogP contribution in [0.1, 0.15) is 39.3 Å². The van der Waals surface area contributed by atoms with E-state index in [0.29, 0.717) is 5.41 Å². The number of hydrogen-bond acceptors (Lipinski definition) is 3. The van der Waals surface area contributed by atoms with Gasteiger partial charge in [-0.3, -0.25) is 9.88 Å². The van der Waals surface area contributed by atoms with Crippen molar-refractivity contribution in [3.8, 4) is 0 Å². The van der Waals surface area contributed by atoms with Gasteiger partial charge in [0.15, 0.2) is 0 Å². The van der Waals surface area contributed by atoms with Gasteiger partial charge < -0.3 is 5.32 Å². The van der Waals surface area contributed by atoms with E-state index >= 15 is 0 Å². The molecule has 2 rings (SSSR count). The summed E-state index contributed by atoms with van der Waals surface area (Å²) in [5, 5.41) is 3.55. The summed E-state index contributed by atoms with van der Waals surface area (Å²) in [6, 6.07) is 6.18. The second kappa shape index (κ2) is 7.19. The highest BCUT2D eigenvalue weighted by atomic mass is 15.1. The summed E-state index contributed by atoms with van der Waals surface area (Å²) in [6.07, 6.45) is 4.57. The molecule has 1 aromatic heterocycles. The number of aromatic nitrogens is 1. The van der Waals surface area contributed by atoms with E-state index in [9.17, 15) is 0 Å². The topological polar surface area (TPSA) is 28.2 Å². The Kier molecular flexibility index (Phi) is 5.55. The molecule has 2 heterocycles. The molecule has 0 spiro atoms. The molecule has 0 aliphatic carbocycles. The van der Waals surface area contributed by atoms with Crippen LogP contribution in [0.25, 0.3) is 0 Å². The number of nitrogens with one attached hydrogen (secondary N) is 1. The second-order valence-electron chi connectivity index (χ2n) is 6.66. The molecule has 1 atom stereocenters. The maximum atomic E-state index is 4.46. The van der Waals surface area contributed by atoms with Gasteiger partial charge in [0.05, 0.1) is 5.69 Å². The molecule has 1 aliphatic heterocycles. The Morgan fingerprint density at radius 1 is 1.40 bits per heavy atom. The molecule has 0 amide bonds. The summed E-state index contributed by atoms with van der Waals surface area (Å²) < 4.78 is 0. The summed E-state index contributed by atoms with van der Waals surface area (Å²) in [5.74, 6) is 0.786. The third kappa shape index (κ3) is 4.29. The zero-order valence-electron chi connectivity index (χ0n) is 13.2. The van der Waals surface area contributed by atoms with Gasteiger partial charge in [-0.1, -0.05) is 26.8 Å². The van der Waals surface area contributed by atoms with Gasteiger partial charge >= 0.3 is 0 Å². The highest BCUT2D eigenvalue weighted by molar-refractivity contribution is 5.03. The van der Waals surface area contributed by atoms with E-state index in [-0.39, 0.29) is 0 Å². The van der Waals surface area contributed by atoms with Crippen molar-refractivity contribution in [3.05, 3.63) is 30.1 Å². The van der Waals surface area contributed by atoms with Gasteiger partial charge in [-0.25, -0.2) is 0 Å². The van der Waals surface area contributed by atoms with Gasteiger partial charge in [0.25, 0.3) is 0 Å². The molecular weight excluding hydrogens is 246 g/mol. The minimum absolute atomic E-state index is 0.359. The average Bonchev–Trinajstić information content (AvgIpc) is 2.48. The summed E-state index contributed by atoms with van der Waals surface area (Å²) in [6.45, 7) is 12.6. The number of pyridine rings is 1. The van der Waals surface area contributed by atoms with Gasteiger partial charge in [-0.15, -0.1) is 0 Å². The molecule has 1 unspecified atom stereocenters. The van der Waals surface area contributed by atoms with E-state index in [1.54, 1.807) is 0 Å². The third-order valence-electron chi connectivity index (χ3n) is 4.59. The Morgan fingerprint density at radius 2 is 2.25 bits per heavy atom. The fourth-order valence-corrected chi connectivity index (χ4v) is 3.22. The van der Waals surface area contributed by atoms with Crippen LogP contribution in [-0.4, -0.2) is 36.1 Å². The first-order valence-corrected chi connectivity index (χ1v) is 7.95. The van der Waals surface area contributed by atoms with Crippen molar-refractivity contribution in [1.82, 2.24) is 15.2 Å². The highest BCUT2D eigenvalue weighted by Gasteiger charge is 2.32. The average molecular weight is 275 g/mol. The van der Waals surface area contributed by atoms with Crippen LogP contribution < -0.4 is 5.32 Å². The van der Waals surface area contributed by atoms with Crippen molar-refractivity contribution in [2.75, 3.05) is 26.2 Å². The lowest BCUT2D eigenvalue weighted by Gasteiger charge is -2.40. The highest BCUT2D eigenvalue weighted by Crippen LogP contribution is 2.32. The first-order valence-electron chi connectivity index (χ1n) is 7.95. The first kappa shape index (κ1) is 15.5. The molecule has 0 radical (unpaired) electrons. The molecule has 1 aliphatic rings. The van der Waals surface area contributed by atoms with Crippen molar-refractivity contribution in [3.63, 3.8) is 0 Å². The van der Waals surface area contributed by atoms with Gasteiger partial charge in [-0.05, 0) is 55.9 Å². The lowest BCUT2D eigenvalue weighted by Crippen LogP contribution is -2.44. The molecule has 112 valence electrons. The molecule has 0 saturated carbocycles. The molecule has 20 heavy (non-hydrogen) atoms. The van der Waals surface area contributed by atoms with Crippen LogP contribution in [0.4, 0.5) is 0 Å². The van der Waals surface area contributed by atoms with E-state index in [1.165, 1.54) is 31.6 Å². The molecule has 3 heteroatoms. The smallest absolute Gasteiger partial charge is 0.0543 e.